The number of hydrogen-bond donors (Lipinski definition) is 1. The summed E-state index contributed by atoms with van der Waals surface area (Å²) < 4.78 is 27.4. The maximum atomic E-state index is 13.4. The van der Waals surface area contributed by atoms with Crippen LogP contribution in [0.25, 0.3) is 0 Å². The maximum Gasteiger partial charge on any atom is 0.332 e. The van der Waals surface area contributed by atoms with Crippen LogP contribution in [-0.2, 0) is 39.8 Å². The number of nitrogens with zero attached hydrogens (tertiary/aromatic N) is 1. The summed E-state index contributed by atoms with van der Waals surface area (Å²) in [4.78, 5) is 68.8. The summed E-state index contributed by atoms with van der Waals surface area (Å²) in [6.07, 6.45) is -0.816. The molecule has 0 radical (unpaired) electrons. The molecule has 2 aromatic rings. The van der Waals surface area contributed by atoms with E-state index in [0.29, 0.717) is 0 Å². The van der Waals surface area contributed by atoms with Gasteiger partial charge in [-0.15, -0.1) is 0 Å². The van der Waals surface area contributed by atoms with Crippen molar-refractivity contribution >= 4 is 29.8 Å². The molecule has 1 aromatic heterocycles. The average molecular weight is 585 g/mol. The largest absolute Gasteiger partial charge is 0.493 e. The molecular weight excluding hydrogens is 548 g/mol. The highest BCUT2D eigenvalue weighted by atomic mass is 16.6. The molecule has 1 amide bonds. The van der Waals surface area contributed by atoms with Gasteiger partial charge in [0.05, 0.1) is 18.9 Å². The van der Waals surface area contributed by atoms with E-state index in [-0.39, 0.29) is 23.6 Å². The lowest BCUT2D eigenvalue weighted by atomic mass is 9.91. The SMILES string of the molecule is COc1ccnc(C(=O)N[C@H]2COC(=O)[C@H](Cc3ccccc3)[C@@H](OC(=O)C(C)C)[C@H](C)OC2=O)c1OC(=O)C(C)C. The number of nitrogens with one attached hydrogen (secondary N) is 1. The molecule has 0 bridgehead atoms. The van der Waals surface area contributed by atoms with Crippen LogP contribution in [0, 0.1) is 17.8 Å². The molecule has 0 spiro atoms. The van der Waals surface area contributed by atoms with Crippen molar-refractivity contribution < 1.29 is 47.7 Å². The van der Waals surface area contributed by atoms with Gasteiger partial charge in [-0.2, -0.15) is 0 Å². The van der Waals surface area contributed by atoms with E-state index in [4.69, 9.17) is 23.7 Å². The van der Waals surface area contributed by atoms with Crippen molar-refractivity contribution in [1.82, 2.24) is 10.3 Å². The Balaban J connectivity index is 1.90. The summed E-state index contributed by atoms with van der Waals surface area (Å²) in [7, 11) is 1.33. The number of aromatic nitrogens is 1. The molecule has 1 aromatic carbocycles. The van der Waals surface area contributed by atoms with Crippen LogP contribution in [0.4, 0.5) is 0 Å². The van der Waals surface area contributed by atoms with E-state index in [2.05, 4.69) is 10.3 Å². The molecule has 1 aliphatic rings. The number of pyridine rings is 1. The number of benzene rings is 1. The Morgan fingerprint density at radius 1 is 1.00 bits per heavy atom. The summed E-state index contributed by atoms with van der Waals surface area (Å²) in [6, 6.07) is 9.01. The third-order valence-electron chi connectivity index (χ3n) is 6.45. The average Bonchev–Trinajstić information content (AvgIpc) is 2.99. The Hall–Kier alpha value is -4.48. The fourth-order valence-electron chi connectivity index (χ4n) is 4.05. The van der Waals surface area contributed by atoms with Crippen LogP contribution >= 0.6 is 0 Å². The van der Waals surface area contributed by atoms with E-state index in [1.807, 2.05) is 18.2 Å². The first-order valence-corrected chi connectivity index (χ1v) is 13.6. The van der Waals surface area contributed by atoms with Crippen LogP contribution in [-0.4, -0.2) is 66.7 Å². The van der Waals surface area contributed by atoms with Gasteiger partial charge in [0, 0.05) is 12.3 Å². The Morgan fingerprint density at radius 2 is 1.67 bits per heavy atom. The molecule has 0 unspecified atom stereocenters. The summed E-state index contributed by atoms with van der Waals surface area (Å²) in [5.41, 5.74) is 0.446. The monoisotopic (exact) mass is 584 g/mol. The van der Waals surface area contributed by atoms with Gasteiger partial charge in [0.1, 0.15) is 18.6 Å². The van der Waals surface area contributed by atoms with Crippen LogP contribution in [0.1, 0.15) is 50.7 Å². The molecule has 1 fully saturated rings. The number of ether oxygens (including phenoxy) is 5. The van der Waals surface area contributed by atoms with Crippen molar-refractivity contribution in [2.45, 2.75) is 59.3 Å². The molecule has 1 N–H and O–H groups in total. The second kappa shape index (κ2) is 14.4. The Morgan fingerprint density at radius 3 is 2.29 bits per heavy atom. The van der Waals surface area contributed by atoms with Crippen LogP contribution < -0.4 is 14.8 Å². The number of carbonyl (C=O) groups excluding carboxylic acids is 5. The van der Waals surface area contributed by atoms with Gasteiger partial charge in [-0.05, 0) is 18.9 Å². The van der Waals surface area contributed by atoms with Crippen LogP contribution in [0.2, 0.25) is 0 Å². The zero-order valence-corrected chi connectivity index (χ0v) is 24.4. The zero-order valence-electron chi connectivity index (χ0n) is 24.4. The molecule has 1 saturated heterocycles. The van der Waals surface area contributed by atoms with Crippen LogP contribution in [0.15, 0.2) is 42.6 Å². The van der Waals surface area contributed by atoms with E-state index < -0.39 is 72.4 Å². The van der Waals surface area contributed by atoms with Crippen molar-refractivity contribution in [1.29, 1.82) is 0 Å². The van der Waals surface area contributed by atoms with Crippen molar-refractivity contribution in [3.63, 3.8) is 0 Å². The minimum absolute atomic E-state index is 0.0693. The standard InChI is InChI=1S/C30H36N2O10/c1-16(2)27(34)41-24-18(5)40-30(37)21(15-39-29(36)20(24)14-19-10-8-7-9-11-19)32-26(33)23-25(42-28(35)17(3)4)22(38-6)12-13-31-23/h7-13,16-18,20-21,24H,14-15H2,1-6H3,(H,32,33)/t18-,20+,21-,24-/m0/s1. The first-order chi connectivity index (χ1) is 19.9. The van der Waals surface area contributed by atoms with Crippen molar-refractivity contribution in [3.05, 3.63) is 53.9 Å². The van der Waals surface area contributed by atoms with Gasteiger partial charge in [0.25, 0.3) is 5.91 Å². The first kappa shape index (κ1) is 32.0. The molecule has 42 heavy (non-hydrogen) atoms. The van der Waals surface area contributed by atoms with Gasteiger partial charge in [0.2, 0.25) is 5.75 Å². The van der Waals surface area contributed by atoms with E-state index in [0.717, 1.165) is 5.56 Å². The Bertz CT molecular complexity index is 1290. The summed E-state index contributed by atoms with van der Waals surface area (Å²) in [6.45, 7) is 7.44. The van der Waals surface area contributed by atoms with Gasteiger partial charge in [-0.1, -0.05) is 58.0 Å². The quantitative estimate of drug-likeness (QED) is 0.341. The fourth-order valence-corrected chi connectivity index (χ4v) is 4.05. The number of methoxy groups -OCH3 is 1. The number of hydrogen-bond acceptors (Lipinski definition) is 11. The Labute approximate surface area is 244 Å². The molecule has 12 heteroatoms. The fraction of sp³-hybridized carbons (Fsp3) is 0.467. The number of esters is 4. The predicted octanol–water partition coefficient (Wildman–Crippen LogP) is 2.67. The predicted molar refractivity (Wildman–Crippen MR) is 147 cm³/mol. The lowest BCUT2D eigenvalue weighted by Crippen LogP contribution is -2.47. The third kappa shape index (κ3) is 8.05. The summed E-state index contributed by atoms with van der Waals surface area (Å²) in [5, 5.41) is 2.45. The third-order valence-corrected chi connectivity index (χ3v) is 6.45. The van der Waals surface area contributed by atoms with Gasteiger partial charge in [-0.25, -0.2) is 9.78 Å². The highest BCUT2D eigenvalue weighted by Crippen LogP contribution is 2.31. The second-order valence-corrected chi connectivity index (χ2v) is 10.4. The van der Waals surface area contributed by atoms with E-state index in [1.54, 1.807) is 39.8 Å². The number of rotatable bonds is 9. The minimum Gasteiger partial charge on any atom is -0.493 e. The van der Waals surface area contributed by atoms with Gasteiger partial charge in [-0.3, -0.25) is 19.2 Å². The molecule has 1 aliphatic heterocycles. The minimum atomic E-state index is -1.46. The topological polar surface area (TPSA) is 156 Å². The smallest absolute Gasteiger partial charge is 0.332 e. The number of amides is 1. The molecule has 2 heterocycles. The van der Waals surface area contributed by atoms with Gasteiger partial charge in [0.15, 0.2) is 23.6 Å². The van der Waals surface area contributed by atoms with E-state index in [1.165, 1.54) is 26.3 Å². The molecule has 12 nitrogen and oxygen atoms in total. The highest BCUT2D eigenvalue weighted by Gasteiger charge is 2.42. The Kier molecular flexibility index (Phi) is 11.0. The molecule has 4 atom stereocenters. The molecular formula is C30H36N2O10. The van der Waals surface area contributed by atoms with Crippen molar-refractivity contribution in [2.75, 3.05) is 13.7 Å². The lowest BCUT2D eigenvalue weighted by Gasteiger charge is -2.29. The van der Waals surface area contributed by atoms with Gasteiger partial charge >= 0.3 is 23.9 Å². The van der Waals surface area contributed by atoms with Crippen molar-refractivity contribution in [2.24, 2.45) is 17.8 Å². The first-order valence-electron chi connectivity index (χ1n) is 13.6. The summed E-state index contributed by atoms with van der Waals surface area (Å²) in [5.74, 6) is -5.98. The molecule has 0 saturated carbocycles. The van der Waals surface area contributed by atoms with Crippen LogP contribution in [0.5, 0.6) is 11.5 Å². The van der Waals surface area contributed by atoms with Crippen molar-refractivity contribution in [3.8, 4) is 11.5 Å². The molecule has 3 rings (SSSR count). The van der Waals surface area contributed by atoms with Gasteiger partial charge < -0.3 is 29.0 Å². The van der Waals surface area contributed by atoms with E-state index in [9.17, 15) is 24.0 Å². The molecule has 0 aliphatic carbocycles. The lowest BCUT2D eigenvalue weighted by molar-refractivity contribution is -0.176. The van der Waals surface area contributed by atoms with E-state index >= 15 is 0 Å². The maximum absolute atomic E-state index is 13.4. The highest BCUT2D eigenvalue weighted by molar-refractivity contribution is 5.99. The summed E-state index contributed by atoms with van der Waals surface area (Å²) >= 11 is 0. The number of carbonyl (C=O) groups is 5. The number of cyclic esters (lactones) is 2. The molecule has 226 valence electrons. The zero-order chi connectivity index (χ0) is 31.0. The normalized spacial score (nSPS) is 20.9. The van der Waals surface area contributed by atoms with Crippen LogP contribution in [0.3, 0.4) is 0 Å². The second-order valence-electron chi connectivity index (χ2n) is 10.4.